The highest BCUT2D eigenvalue weighted by Gasteiger charge is 2.10. The minimum Gasteiger partial charge on any atom is -0.486 e. The van der Waals surface area contributed by atoms with Crippen LogP contribution in [0.1, 0.15) is 15.9 Å². The Morgan fingerprint density at radius 3 is 2.68 bits per heavy atom. The Morgan fingerprint density at radius 2 is 2.00 bits per heavy atom. The fourth-order valence-electron chi connectivity index (χ4n) is 1.56. The van der Waals surface area contributed by atoms with Crippen LogP contribution in [-0.4, -0.2) is 6.29 Å². The molecule has 0 saturated heterocycles. The summed E-state index contributed by atoms with van der Waals surface area (Å²) in [5, 5.41) is 0.257. The molecule has 2 nitrogen and oxygen atoms in total. The molecule has 0 heterocycles. The molecule has 2 aromatic carbocycles. The van der Waals surface area contributed by atoms with Gasteiger partial charge >= 0.3 is 0 Å². The first-order chi connectivity index (χ1) is 9.11. The molecule has 0 spiro atoms. The predicted molar refractivity (Wildman–Crippen MR) is 67.5 cm³/mol. The minimum atomic E-state index is -0.709. The van der Waals surface area contributed by atoms with Crippen LogP contribution in [0.5, 0.6) is 5.75 Å². The number of aldehydes is 1. The standard InChI is InChI=1S/C14H9ClF2O2/c15-12-3-1-2-9(7-18)14(12)19-8-10-4-5-11(16)6-13(10)17/h1-7H,8H2. The van der Waals surface area contributed by atoms with Gasteiger partial charge in [0.15, 0.2) is 6.29 Å². The summed E-state index contributed by atoms with van der Waals surface area (Å²) in [6.07, 6.45) is 0.599. The summed E-state index contributed by atoms with van der Waals surface area (Å²) < 4.78 is 31.5. The van der Waals surface area contributed by atoms with Gasteiger partial charge in [-0.15, -0.1) is 0 Å². The van der Waals surface area contributed by atoms with Gasteiger partial charge in [0, 0.05) is 11.6 Å². The maximum atomic E-state index is 13.4. The summed E-state index contributed by atoms with van der Waals surface area (Å²) >= 11 is 5.90. The zero-order chi connectivity index (χ0) is 13.8. The van der Waals surface area contributed by atoms with E-state index < -0.39 is 11.6 Å². The van der Waals surface area contributed by atoms with Crippen molar-refractivity contribution in [2.24, 2.45) is 0 Å². The number of ether oxygens (including phenoxy) is 1. The van der Waals surface area contributed by atoms with Gasteiger partial charge in [-0.05, 0) is 24.3 Å². The number of rotatable bonds is 4. The molecule has 19 heavy (non-hydrogen) atoms. The third kappa shape index (κ3) is 3.09. The van der Waals surface area contributed by atoms with Gasteiger partial charge in [0.25, 0.3) is 0 Å². The van der Waals surface area contributed by atoms with Gasteiger partial charge in [0.1, 0.15) is 24.0 Å². The van der Waals surface area contributed by atoms with Crippen molar-refractivity contribution in [3.8, 4) is 5.75 Å². The molecule has 0 N–H and O–H groups in total. The van der Waals surface area contributed by atoms with Crippen molar-refractivity contribution in [3.05, 3.63) is 64.2 Å². The second-order valence-corrected chi connectivity index (χ2v) is 4.21. The highest BCUT2D eigenvalue weighted by molar-refractivity contribution is 6.32. The lowest BCUT2D eigenvalue weighted by Crippen LogP contribution is -2.01. The number of halogens is 3. The molecule has 0 saturated carbocycles. The van der Waals surface area contributed by atoms with E-state index in [0.29, 0.717) is 6.29 Å². The van der Waals surface area contributed by atoms with Crippen molar-refractivity contribution >= 4 is 17.9 Å². The first-order valence-corrected chi connectivity index (χ1v) is 5.80. The highest BCUT2D eigenvalue weighted by atomic mass is 35.5. The lowest BCUT2D eigenvalue weighted by Gasteiger charge is -2.10. The van der Waals surface area contributed by atoms with E-state index in [0.717, 1.165) is 12.1 Å². The van der Waals surface area contributed by atoms with Crippen LogP contribution < -0.4 is 4.74 Å². The molecular weight excluding hydrogens is 274 g/mol. The quantitative estimate of drug-likeness (QED) is 0.792. The monoisotopic (exact) mass is 282 g/mol. The third-order valence-electron chi connectivity index (χ3n) is 2.51. The highest BCUT2D eigenvalue weighted by Crippen LogP contribution is 2.28. The van der Waals surface area contributed by atoms with Crippen molar-refractivity contribution < 1.29 is 18.3 Å². The Labute approximate surface area is 113 Å². The van der Waals surface area contributed by atoms with E-state index in [-0.39, 0.29) is 28.5 Å². The van der Waals surface area contributed by atoms with Gasteiger partial charge in [-0.2, -0.15) is 0 Å². The molecule has 0 aliphatic carbocycles. The summed E-state index contributed by atoms with van der Waals surface area (Å²) in [4.78, 5) is 10.8. The Balaban J connectivity index is 2.21. The SMILES string of the molecule is O=Cc1cccc(Cl)c1OCc1ccc(F)cc1F. The summed E-state index contributed by atoms with van der Waals surface area (Å²) in [5.74, 6) is -1.19. The molecule has 0 unspecified atom stereocenters. The third-order valence-corrected chi connectivity index (χ3v) is 2.81. The van der Waals surface area contributed by atoms with Gasteiger partial charge in [-0.3, -0.25) is 4.79 Å². The molecule has 0 bridgehead atoms. The molecule has 0 amide bonds. The van der Waals surface area contributed by atoms with Crippen LogP contribution in [0.15, 0.2) is 36.4 Å². The van der Waals surface area contributed by atoms with Crippen molar-refractivity contribution in [2.45, 2.75) is 6.61 Å². The van der Waals surface area contributed by atoms with Crippen LogP contribution in [0, 0.1) is 11.6 Å². The Morgan fingerprint density at radius 1 is 1.21 bits per heavy atom. The van der Waals surface area contributed by atoms with Gasteiger partial charge in [0.05, 0.1) is 10.6 Å². The number of hydrogen-bond donors (Lipinski definition) is 0. The van der Waals surface area contributed by atoms with E-state index in [9.17, 15) is 13.6 Å². The van der Waals surface area contributed by atoms with Crippen molar-refractivity contribution in [3.63, 3.8) is 0 Å². The molecule has 2 aromatic rings. The molecule has 0 atom stereocenters. The maximum absolute atomic E-state index is 13.4. The lowest BCUT2D eigenvalue weighted by atomic mass is 10.2. The van der Waals surface area contributed by atoms with E-state index in [2.05, 4.69) is 0 Å². The van der Waals surface area contributed by atoms with Gasteiger partial charge in [0.2, 0.25) is 0 Å². The fourth-order valence-corrected chi connectivity index (χ4v) is 1.80. The largest absolute Gasteiger partial charge is 0.486 e. The van der Waals surface area contributed by atoms with Crippen molar-refractivity contribution in [2.75, 3.05) is 0 Å². The Kier molecular flexibility index (Phi) is 4.12. The number of carbonyl (C=O) groups is 1. The Bertz CT molecular complexity index is 614. The molecule has 0 radical (unpaired) electrons. The van der Waals surface area contributed by atoms with E-state index in [4.69, 9.17) is 16.3 Å². The number of carbonyl (C=O) groups excluding carboxylic acids is 1. The summed E-state index contributed by atoms with van der Waals surface area (Å²) in [7, 11) is 0. The summed E-state index contributed by atoms with van der Waals surface area (Å²) in [6.45, 7) is -0.142. The van der Waals surface area contributed by atoms with Gasteiger partial charge in [-0.25, -0.2) is 8.78 Å². The maximum Gasteiger partial charge on any atom is 0.153 e. The zero-order valence-corrected chi connectivity index (χ0v) is 10.5. The number of para-hydroxylation sites is 1. The van der Waals surface area contributed by atoms with Crippen LogP contribution in [-0.2, 0) is 6.61 Å². The Hall–Kier alpha value is -1.94. The van der Waals surface area contributed by atoms with Crippen LogP contribution in [0.3, 0.4) is 0 Å². The molecule has 98 valence electrons. The average Bonchev–Trinajstić information content (AvgIpc) is 2.39. The molecule has 2 rings (SSSR count). The zero-order valence-electron chi connectivity index (χ0n) is 9.70. The number of benzene rings is 2. The van der Waals surface area contributed by atoms with E-state index in [1.165, 1.54) is 12.1 Å². The van der Waals surface area contributed by atoms with Crippen LogP contribution in [0.2, 0.25) is 5.02 Å². The van der Waals surface area contributed by atoms with E-state index in [1.54, 1.807) is 12.1 Å². The molecule has 0 fully saturated rings. The molecular formula is C14H9ClF2O2. The minimum absolute atomic E-state index is 0.142. The molecule has 0 aromatic heterocycles. The first kappa shape index (κ1) is 13.5. The van der Waals surface area contributed by atoms with Gasteiger partial charge < -0.3 is 4.74 Å². The van der Waals surface area contributed by atoms with Crippen LogP contribution in [0.4, 0.5) is 8.78 Å². The number of hydrogen-bond acceptors (Lipinski definition) is 2. The van der Waals surface area contributed by atoms with E-state index in [1.807, 2.05) is 0 Å². The molecule has 0 aliphatic rings. The van der Waals surface area contributed by atoms with Crippen LogP contribution >= 0.6 is 11.6 Å². The molecule has 5 heteroatoms. The van der Waals surface area contributed by atoms with E-state index >= 15 is 0 Å². The van der Waals surface area contributed by atoms with Crippen molar-refractivity contribution in [1.29, 1.82) is 0 Å². The van der Waals surface area contributed by atoms with Gasteiger partial charge in [-0.1, -0.05) is 17.7 Å². The first-order valence-electron chi connectivity index (χ1n) is 5.42. The second-order valence-electron chi connectivity index (χ2n) is 3.80. The average molecular weight is 283 g/mol. The lowest BCUT2D eigenvalue weighted by molar-refractivity contribution is 0.111. The second kappa shape index (κ2) is 5.80. The van der Waals surface area contributed by atoms with Crippen molar-refractivity contribution in [1.82, 2.24) is 0 Å². The fraction of sp³-hybridized carbons (Fsp3) is 0.0714. The normalized spacial score (nSPS) is 10.3. The molecule has 0 aliphatic heterocycles. The van der Waals surface area contributed by atoms with Crippen LogP contribution in [0.25, 0.3) is 0 Å². The topological polar surface area (TPSA) is 26.3 Å². The smallest absolute Gasteiger partial charge is 0.153 e. The summed E-state index contributed by atoms with van der Waals surface area (Å²) in [6, 6.07) is 7.89. The summed E-state index contributed by atoms with van der Waals surface area (Å²) in [5.41, 5.74) is 0.452. The predicted octanol–water partition coefficient (Wildman–Crippen LogP) is 4.01.